The highest BCUT2D eigenvalue weighted by Gasteiger charge is 2.29. The average Bonchev–Trinajstić information content (AvgIpc) is 2.84. The third kappa shape index (κ3) is 8.17. The molecule has 10 heteroatoms. The number of nitrogens with zero attached hydrogens (tertiary/aromatic N) is 1. The molecule has 34 heavy (non-hydrogen) atoms. The summed E-state index contributed by atoms with van der Waals surface area (Å²) in [7, 11) is -2.77. The number of unbranched alkanes of at least 4 members (excludes halogenated alkanes) is 1. The molecule has 0 aromatic heterocycles. The standard InChI is InChI=1S/C24H29N3O6S/c1-3-33-24(29)20(27-34(30,31)22-10-6-5-9-21(22)32-2)17-26-23(28)11-7-4-8-18-12-14-19(16-25)15-13-18/h5-6,9-10,12-15,20,27H,3-4,7-8,11,17H2,1-2H3,(H,26,28)/t20-/m0/s1. The Hall–Kier alpha value is -3.42. The Kier molecular flexibility index (Phi) is 10.5. The van der Waals surface area contributed by atoms with Crippen LogP contribution in [0.15, 0.2) is 53.4 Å². The second-order valence-electron chi connectivity index (χ2n) is 7.40. The fourth-order valence-electron chi connectivity index (χ4n) is 3.17. The summed E-state index contributed by atoms with van der Waals surface area (Å²) in [6.07, 6.45) is 2.37. The highest BCUT2D eigenvalue weighted by atomic mass is 32.2. The minimum atomic E-state index is -4.12. The van der Waals surface area contributed by atoms with E-state index in [2.05, 4.69) is 16.1 Å². The molecule has 0 saturated heterocycles. The van der Waals surface area contributed by atoms with Crippen LogP contribution in [0.5, 0.6) is 5.75 Å². The lowest BCUT2D eigenvalue weighted by Crippen LogP contribution is -2.49. The third-order valence-corrected chi connectivity index (χ3v) is 6.44. The van der Waals surface area contributed by atoms with E-state index >= 15 is 0 Å². The molecule has 0 aliphatic carbocycles. The number of rotatable bonds is 13. The first-order chi connectivity index (χ1) is 16.3. The molecule has 0 fully saturated rings. The summed E-state index contributed by atoms with van der Waals surface area (Å²) in [5.74, 6) is -0.961. The first kappa shape index (κ1) is 26.8. The number of esters is 1. The van der Waals surface area contributed by atoms with Crippen molar-refractivity contribution in [1.82, 2.24) is 10.0 Å². The Morgan fingerprint density at radius 1 is 1.09 bits per heavy atom. The minimum Gasteiger partial charge on any atom is -0.495 e. The SMILES string of the molecule is CCOC(=O)[C@H](CNC(=O)CCCCc1ccc(C#N)cc1)NS(=O)(=O)c1ccccc1OC. The normalized spacial score (nSPS) is 11.8. The number of nitrogens with one attached hydrogen (secondary N) is 2. The fraction of sp³-hybridized carbons (Fsp3) is 0.375. The number of carbonyl (C=O) groups excluding carboxylic acids is 2. The average molecular weight is 488 g/mol. The minimum absolute atomic E-state index is 0.0645. The van der Waals surface area contributed by atoms with Gasteiger partial charge in [-0.25, -0.2) is 8.42 Å². The summed E-state index contributed by atoms with van der Waals surface area (Å²) in [6, 6.07) is 14.1. The van der Waals surface area contributed by atoms with Crippen LogP contribution in [-0.4, -0.2) is 46.6 Å². The number of hydrogen-bond donors (Lipinski definition) is 2. The molecule has 0 unspecified atom stereocenters. The number of ether oxygens (including phenoxy) is 2. The van der Waals surface area contributed by atoms with Crippen molar-refractivity contribution in [3.05, 3.63) is 59.7 Å². The second-order valence-corrected chi connectivity index (χ2v) is 9.08. The predicted molar refractivity (Wildman–Crippen MR) is 125 cm³/mol. The van der Waals surface area contributed by atoms with Crippen LogP contribution in [0.2, 0.25) is 0 Å². The van der Waals surface area contributed by atoms with Gasteiger partial charge in [0, 0.05) is 13.0 Å². The molecular weight excluding hydrogens is 458 g/mol. The summed E-state index contributed by atoms with van der Waals surface area (Å²) in [5, 5.41) is 11.4. The summed E-state index contributed by atoms with van der Waals surface area (Å²) >= 11 is 0. The Morgan fingerprint density at radius 2 is 1.79 bits per heavy atom. The lowest BCUT2D eigenvalue weighted by atomic mass is 10.1. The van der Waals surface area contributed by atoms with E-state index in [9.17, 15) is 18.0 Å². The van der Waals surface area contributed by atoms with E-state index in [1.54, 1.807) is 25.1 Å². The molecule has 2 aromatic carbocycles. The molecule has 0 radical (unpaired) electrons. The van der Waals surface area contributed by atoms with Gasteiger partial charge < -0.3 is 14.8 Å². The van der Waals surface area contributed by atoms with Crippen molar-refractivity contribution in [2.75, 3.05) is 20.3 Å². The van der Waals surface area contributed by atoms with Crippen molar-refractivity contribution in [2.24, 2.45) is 0 Å². The van der Waals surface area contributed by atoms with Gasteiger partial charge in [-0.05, 0) is 56.0 Å². The van der Waals surface area contributed by atoms with Gasteiger partial charge in [0.1, 0.15) is 16.7 Å². The van der Waals surface area contributed by atoms with Crippen molar-refractivity contribution in [2.45, 2.75) is 43.5 Å². The molecule has 2 aromatic rings. The second kappa shape index (κ2) is 13.3. The highest BCUT2D eigenvalue weighted by molar-refractivity contribution is 7.89. The smallest absolute Gasteiger partial charge is 0.326 e. The zero-order chi connectivity index (χ0) is 25.0. The van der Waals surface area contributed by atoms with Crippen molar-refractivity contribution < 1.29 is 27.5 Å². The molecule has 1 amide bonds. The molecule has 0 spiro atoms. The van der Waals surface area contributed by atoms with Crippen molar-refractivity contribution in [3.8, 4) is 11.8 Å². The third-order valence-electron chi connectivity index (χ3n) is 4.93. The van der Waals surface area contributed by atoms with Crippen molar-refractivity contribution in [1.29, 1.82) is 5.26 Å². The number of aryl methyl sites for hydroxylation is 1. The van der Waals surface area contributed by atoms with Crippen LogP contribution >= 0.6 is 0 Å². The lowest BCUT2D eigenvalue weighted by Gasteiger charge is -2.19. The molecule has 0 aliphatic heterocycles. The summed E-state index contributed by atoms with van der Waals surface area (Å²) in [4.78, 5) is 24.5. The summed E-state index contributed by atoms with van der Waals surface area (Å²) in [5.41, 5.74) is 1.67. The molecule has 0 heterocycles. The fourth-order valence-corrected chi connectivity index (χ4v) is 4.53. The Bertz CT molecular complexity index is 1110. The Labute approximate surface area is 200 Å². The number of methoxy groups -OCH3 is 1. The van der Waals surface area contributed by atoms with E-state index in [0.717, 1.165) is 18.4 Å². The van der Waals surface area contributed by atoms with Crippen molar-refractivity contribution in [3.63, 3.8) is 0 Å². The van der Waals surface area contributed by atoms with Crippen LogP contribution in [0.25, 0.3) is 0 Å². The molecule has 9 nitrogen and oxygen atoms in total. The van der Waals surface area contributed by atoms with Crippen LogP contribution in [0.4, 0.5) is 0 Å². The van der Waals surface area contributed by atoms with Crippen LogP contribution in [0.3, 0.4) is 0 Å². The number of hydrogen-bond acceptors (Lipinski definition) is 7. The number of amides is 1. The molecule has 0 bridgehead atoms. The highest BCUT2D eigenvalue weighted by Crippen LogP contribution is 2.22. The van der Waals surface area contributed by atoms with Crippen LogP contribution in [-0.2, 0) is 30.8 Å². The van der Waals surface area contributed by atoms with E-state index in [4.69, 9.17) is 14.7 Å². The van der Waals surface area contributed by atoms with Gasteiger partial charge in [0.15, 0.2) is 0 Å². The molecule has 1 atom stereocenters. The lowest BCUT2D eigenvalue weighted by molar-refractivity contribution is -0.145. The molecule has 2 rings (SSSR count). The van der Waals surface area contributed by atoms with Crippen LogP contribution < -0.4 is 14.8 Å². The number of para-hydroxylation sites is 1. The van der Waals surface area contributed by atoms with E-state index in [0.29, 0.717) is 12.0 Å². The number of nitriles is 1. The molecular formula is C24H29N3O6S. The van der Waals surface area contributed by atoms with E-state index < -0.39 is 22.0 Å². The van der Waals surface area contributed by atoms with Gasteiger partial charge in [-0.15, -0.1) is 0 Å². The largest absolute Gasteiger partial charge is 0.495 e. The summed E-state index contributed by atoms with van der Waals surface area (Å²) < 4.78 is 38.0. The number of carbonyl (C=O) groups is 2. The Balaban J connectivity index is 1.90. The van der Waals surface area contributed by atoms with Crippen LogP contribution in [0.1, 0.15) is 37.3 Å². The van der Waals surface area contributed by atoms with Gasteiger partial charge in [0.2, 0.25) is 15.9 Å². The van der Waals surface area contributed by atoms with Gasteiger partial charge in [-0.1, -0.05) is 24.3 Å². The maximum atomic E-state index is 12.8. The van der Waals surface area contributed by atoms with Gasteiger partial charge in [0.05, 0.1) is 25.3 Å². The number of sulfonamides is 1. The van der Waals surface area contributed by atoms with E-state index in [1.807, 2.05) is 12.1 Å². The first-order valence-electron chi connectivity index (χ1n) is 10.9. The first-order valence-corrected chi connectivity index (χ1v) is 12.4. The zero-order valence-corrected chi connectivity index (χ0v) is 20.1. The molecule has 182 valence electrons. The molecule has 0 aliphatic rings. The topological polar surface area (TPSA) is 135 Å². The maximum absolute atomic E-state index is 12.8. The monoisotopic (exact) mass is 487 g/mol. The summed E-state index contributed by atoms with van der Waals surface area (Å²) in [6.45, 7) is 1.42. The van der Waals surface area contributed by atoms with Gasteiger partial charge in [-0.2, -0.15) is 9.98 Å². The zero-order valence-electron chi connectivity index (χ0n) is 19.2. The molecule has 2 N–H and O–H groups in total. The van der Waals surface area contributed by atoms with Gasteiger partial charge in [-0.3, -0.25) is 9.59 Å². The van der Waals surface area contributed by atoms with Crippen LogP contribution in [0, 0.1) is 11.3 Å². The van der Waals surface area contributed by atoms with Gasteiger partial charge in [0.25, 0.3) is 0 Å². The molecule has 0 saturated carbocycles. The predicted octanol–water partition coefficient (Wildman–Crippen LogP) is 2.31. The maximum Gasteiger partial charge on any atom is 0.326 e. The Morgan fingerprint density at radius 3 is 2.44 bits per heavy atom. The number of benzene rings is 2. The quantitative estimate of drug-likeness (QED) is 0.327. The van der Waals surface area contributed by atoms with E-state index in [1.165, 1.54) is 25.3 Å². The van der Waals surface area contributed by atoms with Gasteiger partial charge >= 0.3 is 5.97 Å². The van der Waals surface area contributed by atoms with Crippen molar-refractivity contribution >= 4 is 21.9 Å². The van der Waals surface area contributed by atoms with E-state index in [-0.39, 0.29) is 36.1 Å².